The predicted molar refractivity (Wildman–Crippen MR) is 80.0 cm³/mol. The van der Waals surface area contributed by atoms with Crippen LogP contribution in [-0.4, -0.2) is 14.4 Å². The minimum atomic E-state index is 0.495. The van der Waals surface area contributed by atoms with E-state index in [1.165, 1.54) is 0 Å². The number of benzene rings is 1. The summed E-state index contributed by atoms with van der Waals surface area (Å²) in [5, 5.41) is 12.4. The molecule has 0 unspecified atom stereocenters. The molecule has 2 heterocycles. The summed E-state index contributed by atoms with van der Waals surface area (Å²) in [6.07, 6.45) is 5.20. The van der Waals surface area contributed by atoms with Crippen molar-refractivity contribution in [2.75, 3.05) is 10.7 Å². The van der Waals surface area contributed by atoms with E-state index in [2.05, 4.69) is 26.8 Å². The molecule has 4 N–H and O–H groups in total. The van der Waals surface area contributed by atoms with Crippen molar-refractivity contribution in [3.63, 3.8) is 0 Å². The van der Waals surface area contributed by atoms with Crippen LogP contribution in [-0.2, 0) is 0 Å². The lowest BCUT2D eigenvalue weighted by Crippen LogP contribution is -2.11. The molecule has 104 valence electrons. The highest BCUT2D eigenvalue weighted by molar-refractivity contribution is 5.75. The number of hydrazine groups is 1. The lowest BCUT2D eigenvalue weighted by atomic mass is 10.1. The van der Waals surface area contributed by atoms with Crippen LogP contribution >= 0.6 is 0 Å². The topological polar surface area (TPSA) is 104 Å². The van der Waals surface area contributed by atoms with Gasteiger partial charge in [0.15, 0.2) is 17.3 Å². The molecule has 0 fully saturated rings. The number of imidazole rings is 1. The van der Waals surface area contributed by atoms with Gasteiger partial charge < -0.3 is 15.1 Å². The zero-order valence-electron chi connectivity index (χ0n) is 11.3. The minimum absolute atomic E-state index is 0.495. The van der Waals surface area contributed by atoms with E-state index in [-0.39, 0.29) is 0 Å². The molecule has 0 radical (unpaired) electrons. The number of hydrogen-bond donors (Lipinski definition) is 3. The number of aryl methyl sites for hydroxylation is 1. The Kier molecular flexibility index (Phi) is 3.14. The number of hydrogen-bond acceptors (Lipinski definition) is 6. The fraction of sp³-hybridized carbons (Fsp3) is 0.0714. The molecule has 0 aliphatic carbocycles. The third-order valence-corrected chi connectivity index (χ3v) is 3.16. The van der Waals surface area contributed by atoms with E-state index in [9.17, 15) is 5.26 Å². The first-order valence-corrected chi connectivity index (χ1v) is 6.30. The van der Waals surface area contributed by atoms with Crippen molar-refractivity contribution in [3.05, 3.63) is 47.9 Å². The van der Waals surface area contributed by atoms with Crippen molar-refractivity contribution >= 4 is 23.0 Å². The molecule has 0 aliphatic heterocycles. The van der Waals surface area contributed by atoms with Crippen LogP contribution in [0.25, 0.3) is 5.65 Å². The number of nitrogen functional groups attached to an aromatic ring is 1. The van der Waals surface area contributed by atoms with Gasteiger partial charge in [0.2, 0.25) is 0 Å². The highest BCUT2D eigenvalue weighted by Crippen LogP contribution is 2.25. The third-order valence-electron chi connectivity index (χ3n) is 3.16. The number of aromatic nitrogens is 3. The van der Waals surface area contributed by atoms with Crippen molar-refractivity contribution in [1.29, 1.82) is 5.26 Å². The van der Waals surface area contributed by atoms with E-state index in [0.29, 0.717) is 28.5 Å². The highest BCUT2D eigenvalue weighted by atomic mass is 15.3. The van der Waals surface area contributed by atoms with Gasteiger partial charge >= 0.3 is 0 Å². The van der Waals surface area contributed by atoms with Crippen molar-refractivity contribution in [1.82, 2.24) is 14.4 Å². The Morgan fingerprint density at radius 2 is 2.24 bits per heavy atom. The zero-order valence-corrected chi connectivity index (χ0v) is 11.3. The fourth-order valence-electron chi connectivity index (χ4n) is 2.13. The van der Waals surface area contributed by atoms with Gasteiger partial charge in [-0.15, -0.1) is 0 Å². The smallest absolute Gasteiger partial charge is 0.180 e. The number of nitrogens with zero attached hydrogens (tertiary/aromatic N) is 4. The van der Waals surface area contributed by atoms with E-state index >= 15 is 0 Å². The largest absolute Gasteiger partial charge is 0.336 e. The molecule has 0 atom stereocenters. The second-order valence-electron chi connectivity index (χ2n) is 4.51. The minimum Gasteiger partial charge on any atom is -0.336 e. The van der Waals surface area contributed by atoms with E-state index in [1.807, 2.05) is 25.1 Å². The first kappa shape index (κ1) is 12.9. The van der Waals surface area contributed by atoms with E-state index in [1.54, 1.807) is 23.0 Å². The van der Waals surface area contributed by atoms with Gasteiger partial charge in [0.25, 0.3) is 0 Å². The fourth-order valence-corrected chi connectivity index (χ4v) is 2.13. The van der Waals surface area contributed by atoms with Crippen molar-refractivity contribution in [2.45, 2.75) is 6.92 Å². The first-order chi connectivity index (χ1) is 10.2. The summed E-state index contributed by atoms with van der Waals surface area (Å²) in [6.45, 7) is 1.89. The van der Waals surface area contributed by atoms with E-state index in [0.717, 1.165) is 5.56 Å². The molecular formula is C14H13N7. The van der Waals surface area contributed by atoms with Gasteiger partial charge in [0.1, 0.15) is 6.07 Å². The third kappa shape index (κ3) is 2.24. The zero-order chi connectivity index (χ0) is 14.8. The van der Waals surface area contributed by atoms with Crippen molar-refractivity contribution in [3.8, 4) is 6.07 Å². The monoisotopic (exact) mass is 279 g/mol. The van der Waals surface area contributed by atoms with Crippen LogP contribution in [0.2, 0.25) is 0 Å². The summed E-state index contributed by atoms with van der Waals surface area (Å²) in [5.74, 6) is 6.45. The Balaban J connectivity index is 2.12. The van der Waals surface area contributed by atoms with Crippen molar-refractivity contribution in [2.24, 2.45) is 5.84 Å². The Morgan fingerprint density at radius 3 is 3.00 bits per heavy atom. The summed E-state index contributed by atoms with van der Waals surface area (Å²) >= 11 is 0. The summed E-state index contributed by atoms with van der Waals surface area (Å²) in [5.41, 5.74) is 5.32. The second-order valence-corrected chi connectivity index (χ2v) is 4.51. The molecule has 21 heavy (non-hydrogen) atoms. The Labute approximate surface area is 121 Å². The maximum atomic E-state index is 9.29. The number of rotatable bonds is 3. The number of fused-ring (bicyclic) bond motifs is 1. The molecule has 0 aliphatic rings. The number of nitriles is 1. The van der Waals surface area contributed by atoms with Gasteiger partial charge in [-0.1, -0.05) is 12.1 Å². The molecule has 0 saturated carbocycles. The normalized spacial score (nSPS) is 10.3. The van der Waals surface area contributed by atoms with Gasteiger partial charge in [-0.05, 0) is 18.6 Å². The quantitative estimate of drug-likeness (QED) is 0.500. The lowest BCUT2D eigenvalue weighted by molar-refractivity contribution is 1.11. The molecule has 0 amide bonds. The molecular weight excluding hydrogens is 266 g/mol. The van der Waals surface area contributed by atoms with Gasteiger partial charge in [-0.3, -0.25) is 0 Å². The van der Waals surface area contributed by atoms with Crippen LogP contribution in [0.3, 0.4) is 0 Å². The van der Waals surface area contributed by atoms with Crippen LogP contribution < -0.4 is 16.6 Å². The standard InChI is InChI=1S/C14H13N7/c1-9-3-2-4-11(10(9)7-15)18-13-14-17-5-6-21(14)8-12(19-13)20-16/h2-6,8,20H,16H2,1H3,(H,18,19). The molecule has 7 nitrogen and oxygen atoms in total. The van der Waals surface area contributed by atoms with Crippen LogP contribution in [0.1, 0.15) is 11.1 Å². The second kappa shape index (κ2) is 5.11. The molecule has 0 spiro atoms. The molecule has 1 aromatic carbocycles. The molecule has 0 bridgehead atoms. The average molecular weight is 279 g/mol. The van der Waals surface area contributed by atoms with E-state index < -0.39 is 0 Å². The maximum Gasteiger partial charge on any atom is 0.180 e. The average Bonchev–Trinajstić information content (AvgIpc) is 2.96. The number of anilines is 3. The van der Waals surface area contributed by atoms with E-state index in [4.69, 9.17) is 5.84 Å². The lowest BCUT2D eigenvalue weighted by Gasteiger charge is -2.11. The Morgan fingerprint density at radius 1 is 1.38 bits per heavy atom. The van der Waals surface area contributed by atoms with Gasteiger partial charge in [0, 0.05) is 12.4 Å². The SMILES string of the molecule is Cc1cccc(Nc2nc(NN)cn3ccnc23)c1C#N. The highest BCUT2D eigenvalue weighted by Gasteiger charge is 2.10. The number of nitrogens with one attached hydrogen (secondary N) is 2. The molecule has 2 aromatic heterocycles. The Bertz CT molecular complexity index is 844. The molecule has 7 heteroatoms. The van der Waals surface area contributed by atoms with Gasteiger partial charge in [-0.2, -0.15) is 5.26 Å². The summed E-state index contributed by atoms with van der Waals surface area (Å²) in [6, 6.07) is 7.80. The van der Waals surface area contributed by atoms with Gasteiger partial charge in [-0.25, -0.2) is 15.8 Å². The summed E-state index contributed by atoms with van der Waals surface area (Å²) in [4.78, 5) is 8.61. The molecule has 0 saturated heterocycles. The van der Waals surface area contributed by atoms with Gasteiger partial charge in [0.05, 0.1) is 17.4 Å². The van der Waals surface area contributed by atoms with Crippen LogP contribution in [0.15, 0.2) is 36.8 Å². The maximum absolute atomic E-state index is 9.29. The Hall–Kier alpha value is -3.11. The molecule has 3 rings (SSSR count). The summed E-state index contributed by atoms with van der Waals surface area (Å²) < 4.78 is 1.80. The van der Waals surface area contributed by atoms with Crippen molar-refractivity contribution < 1.29 is 0 Å². The predicted octanol–water partition coefficient (Wildman–Crippen LogP) is 1.94. The number of nitrogens with two attached hydrogens (primary N) is 1. The van der Waals surface area contributed by atoms with Crippen LogP contribution in [0.4, 0.5) is 17.3 Å². The molecule has 3 aromatic rings. The summed E-state index contributed by atoms with van der Waals surface area (Å²) in [7, 11) is 0. The van der Waals surface area contributed by atoms with Crippen LogP contribution in [0, 0.1) is 18.3 Å². The van der Waals surface area contributed by atoms with Crippen LogP contribution in [0.5, 0.6) is 0 Å². The first-order valence-electron chi connectivity index (χ1n) is 6.30.